The van der Waals surface area contributed by atoms with Gasteiger partial charge in [-0.1, -0.05) is 24.3 Å². The molecule has 2 aromatic rings. The van der Waals surface area contributed by atoms with Gasteiger partial charge in [0.1, 0.15) is 0 Å². The first-order chi connectivity index (χ1) is 12.2. The molecule has 0 aliphatic carbocycles. The summed E-state index contributed by atoms with van der Waals surface area (Å²) >= 11 is 0. The van der Waals surface area contributed by atoms with Crippen LogP contribution in [-0.2, 0) is 11.3 Å². The number of nitrogens with zero attached hydrogens (tertiary/aromatic N) is 3. The Morgan fingerprint density at radius 3 is 2.60 bits per heavy atom. The first-order valence-corrected chi connectivity index (χ1v) is 8.71. The fraction of sp³-hybridized carbons (Fsp3) is 0.400. The van der Waals surface area contributed by atoms with Crippen LogP contribution in [0.5, 0.6) is 0 Å². The van der Waals surface area contributed by atoms with Crippen molar-refractivity contribution in [3.05, 3.63) is 65.5 Å². The van der Waals surface area contributed by atoms with Crippen LogP contribution in [0.25, 0.3) is 0 Å². The third-order valence-corrected chi connectivity index (χ3v) is 4.86. The molecule has 1 amide bonds. The van der Waals surface area contributed by atoms with Crippen LogP contribution in [0.1, 0.15) is 34.5 Å². The van der Waals surface area contributed by atoms with Crippen LogP contribution < -0.4 is 0 Å². The van der Waals surface area contributed by atoms with Gasteiger partial charge < -0.3 is 9.64 Å². The molecule has 1 unspecified atom stereocenters. The minimum atomic E-state index is 0.0985. The van der Waals surface area contributed by atoms with Gasteiger partial charge in [0, 0.05) is 57.3 Å². The summed E-state index contributed by atoms with van der Waals surface area (Å²) in [5.41, 5.74) is 2.91. The van der Waals surface area contributed by atoms with Crippen LogP contribution in [-0.4, -0.2) is 54.0 Å². The Balaban J connectivity index is 1.63. The standard InChI is InChI=1S/C20H25N3O2/c1-16(17-7-5-9-21-14-17)22-10-12-23(13-11-22)20(24)19-8-4-3-6-18(19)15-25-2/h3-9,14,16H,10-13,15H2,1-2H3. The molecule has 1 fully saturated rings. The Morgan fingerprint density at radius 1 is 1.16 bits per heavy atom. The summed E-state index contributed by atoms with van der Waals surface area (Å²) in [5.74, 6) is 0.0985. The van der Waals surface area contributed by atoms with Crippen LogP contribution >= 0.6 is 0 Å². The quantitative estimate of drug-likeness (QED) is 0.840. The largest absolute Gasteiger partial charge is 0.380 e. The van der Waals surface area contributed by atoms with Gasteiger partial charge in [0.15, 0.2) is 0 Å². The van der Waals surface area contributed by atoms with Gasteiger partial charge >= 0.3 is 0 Å². The number of benzene rings is 1. The Morgan fingerprint density at radius 2 is 1.92 bits per heavy atom. The highest BCUT2D eigenvalue weighted by Crippen LogP contribution is 2.22. The van der Waals surface area contributed by atoms with Gasteiger partial charge in [-0.2, -0.15) is 0 Å². The maximum atomic E-state index is 12.9. The molecule has 2 heterocycles. The van der Waals surface area contributed by atoms with E-state index in [9.17, 15) is 4.79 Å². The number of carbonyl (C=O) groups is 1. The molecule has 1 aliphatic rings. The smallest absolute Gasteiger partial charge is 0.254 e. The van der Waals surface area contributed by atoms with Crippen LogP contribution in [0.2, 0.25) is 0 Å². The van der Waals surface area contributed by atoms with Gasteiger partial charge in [0.2, 0.25) is 0 Å². The van der Waals surface area contributed by atoms with Crippen molar-refractivity contribution in [3.8, 4) is 0 Å². The van der Waals surface area contributed by atoms with Crippen molar-refractivity contribution in [2.24, 2.45) is 0 Å². The van der Waals surface area contributed by atoms with Crippen molar-refractivity contribution in [2.45, 2.75) is 19.6 Å². The molecule has 5 nitrogen and oxygen atoms in total. The molecule has 25 heavy (non-hydrogen) atoms. The molecule has 132 valence electrons. The van der Waals surface area contributed by atoms with Crippen LogP contribution in [0.4, 0.5) is 0 Å². The molecule has 1 aliphatic heterocycles. The van der Waals surface area contributed by atoms with E-state index in [1.54, 1.807) is 13.3 Å². The number of rotatable bonds is 5. The molecule has 0 N–H and O–H groups in total. The maximum Gasteiger partial charge on any atom is 0.254 e. The summed E-state index contributed by atoms with van der Waals surface area (Å²) in [5, 5.41) is 0. The number of pyridine rings is 1. The number of methoxy groups -OCH3 is 1. The average molecular weight is 339 g/mol. The Bertz CT molecular complexity index is 697. The average Bonchev–Trinajstić information content (AvgIpc) is 2.68. The molecular formula is C20H25N3O2. The SMILES string of the molecule is COCc1ccccc1C(=O)N1CCN(C(C)c2cccnc2)CC1. The molecule has 3 rings (SSSR count). The molecule has 0 saturated carbocycles. The molecule has 1 aromatic heterocycles. The van der Waals surface area contributed by atoms with E-state index in [4.69, 9.17) is 4.74 Å². The fourth-order valence-corrected chi connectivity index (χ4v) is 3.33. The second kappa shape index (κ2) is 8.23. The summed E-state index contributed by atoms with van der Waals surface area (Å²) < 4.78 is 5.22. The molecular weight excluding hydrogens is 314 g/mol. The van der Waals surface area contributed by atoms with Crippen molar-refractivity contribution in [1.82, 2.24) is 14.8 Å². The zero-order valence-corrected chi connectivity index (χ0v) is 14.9. The summed E-state index contributed by atoms with van der Waals surface area (Å²) in [6.07, 6.45) is 3.72. The third kappa shape index (κ3) is 4.06. The van der Waals surface area contributed by atoms with Crippen molar-refractivity contribution in [3.63, 3.8) is 0 Å². The highest BCUT2D eigenvalue weighted by Gasteiger charge is 2.26. The monoisotopic (exact) mass is 339 g/mol. The van der Waals surface area contributed by atoms with Gasteiger partial charge in [-0.05, 0) is 30.2 Å². The van der Waals surface area contributed by atoms with Gasteiger partial charge in [0.05, 0.1) is 6.61 Å². The second-order valence-electron chi connectivity index (χ2n) is 6.38. The number of ether oxygens (including phenoxy) is 1. The highest BCUT2D eigenvalue weighted by atomic mass is 16.5. The van der Waals surface area contributed by atoms with Gasteiger partial charge in [-0.3, -0.25) is 14.7 Å². The van der Waals surface area contributed by atoms with Crippen LogP contribution in [0.15, 0.2) is 48.8 Å². The maximum absolute atomic E-state index is 12.9. The van der Waals surface area contributed by atoms with Gasteiger partial charge in [0.25, 0.3) is 5.91 Å². The number of amides is 1. The van der Waals surface area contributed by atoms with E-state index in [-0.39, 0.29) is 5.91 Å². The van der Waals surface area contributed by atoms with Gasteiger partial charge in [-0.25, -0.2) is 0 Å². The first-order valence-electron chi connectivity index (χ1n) is 8.71. The summed E-state index contributed by atoms with van der Waals surface area (Å²) in [7, 11) is 1.65. The minimum absolute atomic E-state index is 0.0985. The molecule has 5 heteroatoms. The number of aromatic nitrogens is 1. The summed E-state index contributed by atoms with van der Waals surface area (Å²) in [4.78, 5) is 21.4. The van der Waals surface area contributed by atoms with E-state index >= 15 is 0 Å². The van der Waals surface area contributed by atoms with Crippen molar-refractivity contribution < 1.29 is 9.53 Å². The lowest BCUT2D eigenvalue weighted by Crippen LogP contribution is -2.49. The lowest BCUT2D eigenvalue weighted by Gasteiger charge is -2.38. The number of piperazine rings is 1. The van der Waals surface area contributed by atoms with Gasteiger partial charge in [-0.15, -0.1) is 0 Å². The molecule has 1 atom stereocenters. The number of hydrogen-bond donors (Lipinski definition) is 0. The zero-order chi connectivity index (χ0) is 17.6. The molecule has 0 radical (unpaired) electrons. The Hall–Kier alpha value is -2.24. The zero-order valence-electron chi connectivity index (χ0n) is 14.9. The molecule has 0 bridgehead atoms. The van der Waals surface area contributed by atoms with Crippen LogP contribution in [0, 0.1) is 0 Å². The topological polar surface area (TPSA) is 45.7 Å². The van der Waals surface area contributed by atoms with Crippen LogP contribution in [0.3, 0.4) is 0 Å². The van der Waals surface area contributed by atoms with E-state index in [0.29, 0.717) is 12.6 Å². The fourth-order valence-electron chi connectivity index (χ4n) is 3.33. The van der Waals surface area contributed by atoms with E-state index in [1.807, 2.05) is 41.4 Å². The van der Waals surface area contributed by atoms with E-state index in [2.05, 4.69) is 22.9 Å². The first kappa shape index (κ1) is 17.6. The minimum Gasteiger partial charge on any atom is -0.380 e. The molecule has 0 spiro atoms. The third-order valence-electron chi connectivity index (χ3n) is 4.86. The molecule has 1 aromatic carbocycles. The predicted molar refractivity (Wildman–Crippen MR) is 97.3 cm³/mol. The lowest BCUT2D eigenvalue weighted by molar-refractivity contribution is 0.0578. The van der Waals surface area contributed by atoms with Crippen molar-refractivity contribution in [1.29, 1.82) is 0 Å². The van der Waals surface area contributed by atoms with Crippen molar-refractivity contribution >= 4 is 5.91 Å². The Labute approximate surface area is 149 Å². The second-order valence-corrected chi connectivity index (χ2v) is 6.38. The highest BCUT2D eigenvalue weighted by molar-refractivity contribution is 5.95. The van der Waals surface area contributed by atoms with E-state index in [1.165, 1.54) is 5.56 Å². The summed E-state index contributed by atoms with van der Waals surface area (Å²) in [6, 6.07) is 12.1. The normalized spacial score (nSPS) is 16.6. The molecule has 1 saturated heterocycles. The van der Waals surface area contributed by atoms with Crippen molar-refractivity contribution in [2.75, 3.05) is 33.3 Å². The summed E-state index contributed by atoms with van der Waals surface area (Å²) in [6.45, 7) is 5.88. The lowest BCUT2D eigenvalue weighted by atomic mass is 10.1. The number of hydrogen-bond acceptors (Lipinski definition) is 4. The number of carbonyl (C=O) groups excluding carboxylic acids is 1. The van der Waals surface area contributed by atoms with E-state index in [0.717, 1.165) is 37.3 Å². The Kier molecular flexibility index (Phi) is 5.79. The predicted octanol–water partition coefficient (Wildman–Crippen LogP) is 2.75. The van der Waals surface area contributed by atoms with E-state index < -0.39 is 0 Å².